The van der Waals surface area contributed by atoms with Gasteiger partial charge in [-0.25, -0.2) is 0 Å². The van der Waals surface area contributed by atoms with Gasteiger partial charge in [-0.15, -0.1) is 10.2 Å². The van der Waals surface area contributed by atoms with Crippen molar-refractivity contribution in [3.8, 4) is 11.5 Å². The van der Waals surface area contributed by atoms with Crippen molar-refractivity contribution in [2.75, 3.05) is 0 Å². The number of hydrogen-bond acceptors (Lipinski definition) is 5. The van der Waals surface area contributed by atoms with Crippen molar-refractivity contribution in [2.24, 2.45) is 0 Å². The summed E-state index contributed by atoms with van der Waals surface area (Å²) in [5.41, 5.74) is 2.07. The first-order chi connectivity index (χ1) is 15.2. The number of rotatable bonds is 7. The lowest BCUT2D eigenvalue weighted by Crippen LogP contribution is -2.40. The molecule has 1 atom stereocenters. The van der Waals surface area contributed by atoms with Crippen LogP contribution in [0, 0.1) is 0 Å². The van der Waals surface area contributed by atoms with Gasteiger partial charge in [0.1, 0.15) is 0 Å². The fourth-order valence-electron chi connectivity index (χ4n) is 2.98. The van der Waals surface area contributed by atoms with Crippen LogP contribution in [0.25, 0.3) is 11.5 Å². The van der Waals surface area contributed by atoms with Crippen molar-refractivity contribution < 1.29 is 14.0 Å². The summed E-state index contributed by atoms with van der Waals surface area (Å²) in [6.07, 6.45) is 0. The lowest BCUT2D eigenvalue weighted by molar-refractivity contribution is -0.123. The van der Waals surface area contributed by atoms with E-state index in [2.05, 4.69) is 20.8 Å². The van der Waals surface area contributed by atoms with Crippen LogP contribution in [0.15, 0.2) is 95.4 Å². The molecule has 3 aromatic carbocycles. The van der Waals surface area contributed by atoms with Crippen LogP contribution in [0.3, 0.4) is 0 Å². The van der Waals surface area contributed by atoms with Gasteiger partial charge in [-0.05, 0) is 29.8 Å². The normalized spacial score (nSPS) is 11.5. The Bertz CT molecular complexity index is 1150. The van der Waals surface area contributed by atoms with Gasteiger partial charge in [0.05, 0.1) is 0 Å². The van der Waals surface area contributed by atoms with E-state index in [9.17, 15) is 9.59 Å². The molecule has 0 aliphatic heterocycles. The molecule has 0 radical (unpaired) electrons. The summed E-state index contributed by atoms with van der Waals surface area (Å²) in [4.78, 5) is 25.7. The first kappa shape index (κ1) is 20.0. The minimum atomic E-state index is -1.14. The zero-order valence-electron chi connectivity index (χ0n) is 16.6. The minimum absolute atomic E-state index is 0.00805. The first-order valence-electron chi connectivity index (χ1n) is 9.77. The topological polar surface area (TPSA) is 97.1 Å². The third-order valence-corrected chi connectivity index (χ3v) is 4.59. The van der Waals surface area contributed by atoms with Gasteiger partial charge in [-0.2, -0.15) is 0 Å². The molecule has 1 aromatic heterocycles. The molecule has 31 heavy (non-hydrogen) atoms. The monoisotopic (exact) mass is 412 g/mol. The highest BCUT2D eigenvalue weighted by atomic mass is 16.4. The summed E-state index contributed by atoms with van der Waals surface area (Å²) < 4.78 is 5.74. The summed E-state index contributed by atoms with van der Waals surface area (Å²) in [7, 11) is 0. The second-order valence-electron chi connectivity index (χ2n) is 6.79. The minimum Gasteiger partial charge on any atom is -0.418 e. The Morgan fingerprint density at radius 1 is 0.806 bits per heavy atom. The van der Waals surface area contributed by atoms with Crippen LogP contribution in [-0.2, 0) is 11.3 Å². The van der Waals surface area contributed by atoms with E-state index in [4.69, 9.17) is 4.42 Å². The van der Waals surface area contributed by atoms with Crippen molar-refractivity contribution in [1.82, 2.24) is 20.8 Å². The molecule has 154 valence electrons. The quantitative estimate of drug-likeness (QED) is 0.484. The van der Waals surface area contributed by atoms with Gasteiger partial charge >= 0.3 is 0 Å². The van der Waals surface area contributed by atoms with Gasteiger partial charge in [0.25, 0.3) is 11.8 Å². The highest BCUT2D eigenvalue weighted by Gasteiger charge is 2.29. The summed E-state index contributed by atoms with van der Waals surface area (Å²) in [5, 5.41) is 13.6. The molecule has 2 amide bonds. The van der Waals surface area contributed by atoms with Crippen LogP contribution in [0.5, 0.6) is 0 Å². The number of carbonyl (C=O) groups excluding carboxylic acids is 2. The van der Waals surface area contributed by atoms with Crippen molar-refractivity contribution in [1.29, 1.82) is 0 Å². The molecule has 1 heterocycles. The van der Waals surface area contributed by atoms with E-state index in [1.165, 1.54) is 0 Å². The molecule has 2 N–H and O–H groups in total. The maximum Gasteiger partial charge on any atom is 0.252 e. The van der Waals surface area contributed by atoms with Crippen molar-refractivity contribution in [2.45, 2.75) is 12.6 Å². The van der Waals surface area contributed by atoms with Crippen LogP contribution < -0.4 is 10.6 Å². The molecule has 4 aromatic rings. The smallest absolute Gasteiger partial charge is 0.252 e. The van der Waals surface area contributed by atoms with Gasteiger partial charge in [0, 0.05) is 17.7 Å². The van der Waals surface area contributed by atoms with Gasteiger partial charge in [0.15, 0.2) is 6.04 Å². The molecular formula is C24H20N4O3. The van der Waals surface area contributed by atoms with Gasteiger partial charge < -0.3 is 15.1 Å². The van der Waals surface area contributed by atoms with Crippen molar-refractivity contribution >= 4 is 11.8 Å². The maximum absolute atomic E-state index is 13.0. The highest BCUT2D eigenvalue weighted by Crippen LogP contribution is 2.21. The SMILES string of the molecule is O=C(N[C@@H](C(=O)NCc1ccccc1)c1nnc(-c2ccccc2)o1)c1ccccc1. The molecule has 0 fully saturated rings. The van der Waals surface area contributed by atoms with Crippen LogP contribution in [-0.4, -0.2) is 22.0 Å². The molecular weight excluding hydrogens is 392 g/mol. The standard InChI is InChI=1S/C24H20N4O3/c29-21(18-12-6-2-7-13-18)26-20(22(30)25-16-17-10-4-1-5-11-17)24-28-27-23(31-24)19-14-8-3-9-15-19/h1-15,20H,16H2,(H,25,30)(H,26,29)/t20-/m0/s1. The zero-order valence-corrected chi connectivity index (χ0v) is 16.6. The Balaban J connectivity index is 1.57. The Hall–Kier alpha value is -4.26. The average molecular weight is 412 g/mol. The van der Waals surface area contributed by atoms with E-state index in [-0.39, 0.29) is 11.8 Å². The fraction of sp³-hybridized carbons (Fsp3) is 0.0833. The number of carbonyl (C=O) groups is 2. The predicted octanol–water partition coefficient (Wildman–Crippen LogP) is 3.52. The lowest BCUT2D eigenvalue weighted by Gasteiger charge is -2.15. The highest BCUT2D eigenvalue weighted by molar-refractivity contribution is 5.97. The zero-order chi connectivity index (χ0) is 21.5. The molecule has 0 aliphatic rings. The van der Waals surface area contributed by atoms with E-state index >= 15 is 0 Å². The molecule has 0 aliphatic carbocycles. The van der Waals surface area contributed by atoms with E-state index < -0.39 is 17.9 Å². The molecule has 0 saturated carbocycles. The van der Waals surface area contributed by atoms with Gasteiger partial charge in [0.2, 0.25) is 11.8 Å². The van der Waals surface area contributed by atoms with Crippen LogP contribution in [0.4, 0.5) is 0 Å². The molecule has 0 bridgehead atoms. The Morgan fingerprint density at radius 3 is 2.10 bits per heavy atom. The van der Waals surface area contributed by atoms with E-state index in [0.717, 1.165) is 11.1 Å². The third-order valence-electron chi connectivity index (χ3n) is 4.59. The Kier molecular flexibility index (Phi) is 6.13. The maximum atomic E-state index is 13.0. The Labute approximate surface area is 179 Å². The van der Waals surface area contributed by atoms with E-state index in [1.54, 1.807) is 24.3 Å². The van der Waals surface area contributed by atoms with E-state index in [0.29, 0.717) is 12.1 Å². The van der Waals surface area contributed by atoms with Crippen LogP contribution in [0.1, 0.15) is 27.9 Å². The summed E-state index contributed by atoms with van der Waals surface area (Å²) in [5.74, 6) is -0.588. The van der Waals surface area contributed by atoms with Crippen molar-refractivity contribution in [3.05, 3.63) is 108 Å². The fourth-order valence-corrected chi connectivity index (χ4v) is 2.98. The summed E-state index contributed by atoms with van der Waals surface area (Å²) in [6, 6.07) is 26.2. The average Bonchev–Trinajstić information content (AvgIpc) is 3.32. The largest absolute Gasteiger partial charge is 0.418 e. The number of nitrogens with one attached hydrogen (secondary N) is 2. The molecule has 7 nitrogen and oxygen atoms in total. The summed E-state index contributed by atoms with van der Waals surface area (Å²) in [6.45, 7) is 0.303. The molecule has 4 rings (SSSR count). The van der Waals surface area contributed by atoms with Crippen LogP contribution >= 0.6 is 0 Å². The molecule has 0 unspecified atom stereocenters. The number of amides is 2. The second kappa shape index (κ2) is 9.49. The van der Waals surface area contributed by atoms with Gasteiger partial charge in [-0.3, -0.25) is 9.59 Å². The number of aromatic nitrogens is 2. The second-order valence-corrected chi connectivity index (χ2v) is 6.79. The number of benzene rings is 3. The van der Waals surface area contributed by atoms with Crippen LogP contribution in [0.2, 0.25) is 0 Å². The number of hydrogen-bond donors (Lipinski definition) is 2. The predicted molar refractivity (Wildman–Crippen MR) is 115 cm³/mol. The molecule has 0 spiro atoms. The molecule has 7 heteroatoms. The van der Waals surface area contributed by atoms with Crippen molar-refractivity contribution in [3.63, 3.8) is 0 Å². The van der Waals surface area contributed by atoms with E-state index in [1.807, 2.05) is 66.7 Å². The lowest BCUT2D eigenvalue weighted by atomic mass is 10.1. The summed E-state index contributed by atoms with van der Waals surface area (Å²) >= 11 is 0. The Morgan fingerprint density at radius 2 is 1.42 bits per heavy atom. The first-order valence-corrected chi connectivity index (χ1v) is 9.77. The third kappa shape index (κ3) is 5.02. The molecule has 0 saturated heterocycles. The number of nitrogens with zero attached hydrogens (tertiary/aromatic N) is 2. The van der Waals surface area contributed by atoms with Gasteiger partial charge in [-0.1, -0.05) is 66.7 Å².